The van der Waals surface area contributed by atoms with Crippen molar-refractivity contribution in [2.45, 2.75) is 20.3 Å². The number of nitrogens with two attached hydrogens (primary N) is 1. The van der Waals surface area contributed by atoms with E-state index < -0.39 is 0 Å². The summed E-state index contributed by atoms with van der Waals surface area (Å²) in [7, 11) is 0. The number of amides is 1. The topological polar surface area (TPSA) is 112 Å². The zero-order valence-corrected chi connectivity index (χ0v) is 12.5. The van der Waals surface area contributed by atoms with Gasteiger partial charge in [0.15, 0.2) is 0 Å². The number of aromatic nitrogens is 3. The summed E-state index contributed by atoms with van der Waals surface area (Å²) in [5, 5.41) is 2.83. The van der Waals surface area contributed by atoms with Crippen molar-refractivity contribution in [1.82, 2.24) is 20.3 Å². The standard InChI is InChI=1S/C12H22N8O/c1-3-19(4-2)11-15-10(18-13)16-12(17-11)20-7-5-6-14-9(21)8-20/h3-8,13H2,1-2H3,(H,14,21)(H,15,16,17,18). The zero-order chi connectivity index (χ0) is 15.2. The van der Waals surface area contributed by atoms with Gasteiger partial charge in [0.1, 0.15) is 0 Å². The van der Waals surface area contributed by atoms with Crippen LogP contribution in [0.4, 0.5) is 17.8 Å². The fraction of sp³-hybridized carbons (Fsp3) is 0.667. The predicted molar refractivity (Wildman–Crippen MR) is 81.0 cm³/mol. The lowest BCUT2D eigenvalue weighted by molar-refractivity contribution is -0.119. The van der Waals surface area contributed by atoms with Gasteiger partial charge in [-0.05, 0) is 20.3 Å². The van der Waals surface area contributed by atoms with Crippen molar-refractivity contribution in [3.8, 4) is 0 Å². The van der Waals surface area contributed by atoms with Crippen molar-refractivity contribution >= 4 is 23.8 Å². The van der Waals surface area contributed by atoms with Gasteiger partial charge >= 0.3 is 0 Å². The van der Waals surface area contributed by atoms with Crippen molar-refractivity contribution in [1.29, 1.82) is 0 Å². The molecule has 0 bridgehead atoms. The van der Waals surface area contributed by atoms with Crippen LogP contribution in [0.25, 0.3) is 0 Å². The number of hydrogen-bond acceptors (Lipinski definition) is 8. The lowest BCUT2D eigenvalue weighted by Gasteiger charge is -2.23. The largest absolute Gasteiger partial charge is 0.354 e. The van der Waals surface area contributed by atoms with E-state index in [1.54, 1.807) is 0 Å². The molecule has 0 aliphatic carbocycles. The van der Waals surface area contributed by atoms with E-state index in [-0.39, 0.29) is 12.5 Å². The highest BCUT2D eigenvalue weighted by molar-refractivity contribution is 5.81. The Kier molecular flexibility index (Phi) is 5.09. The highest BCUT2D eigenvalue weighted by Gasteiger charge is 2.20. The Balaban J connectivity index is 2.33. The number of carbonyl (C=O) groups excluding carboxylic acids is 1. The molecule has 1 aromatic heterocycles. The van der Waals surface area contributed by atoms with Crippen LogP contribution in [0.1, 0.15) is 20.3 Å². The SMILES string of the molecule is CCN(CC)c1nc(NN)nc(N2CCCNC(=O)C2)n1. The number of nitrogen functional groups attached to an aromatic ring is 1. The molecule has 1 aliphatic rings. The summed E-state index contributed by atoms with van der Waals surface area (Å²) in [5.41, 5.74) is 2.46. The number of anilines is 3. The Hall–Kier alpha value is -2.16. The predicted octanol–water partition coefficient (Wildman–Crippen LogP) is -0.670. The molecule has 9 heteroatoms. The highest BCUT2D eigenvalue weighted by atomic mass is 16.2. The Morgan fingerprint density at radius 1 is 1.33 bits per heavy atom. The van der Waals surface area contributed by atoms with E-state index >= 15 is 0 Å². The van der Waals surface area contributed by atoms with E-state index in [1.807, 2.05) is 23.6 Å². The Morgan fingerprint density at radius 2 is 2.10 bits per heavy atom. The molecule has 9 nitrogen and oxygen atoms in total. The molecule has 0 spiro atoms. The first-order valence-electron chi connectivity index (χ1n) is 7.17. The van der Waals surface area contributed by atoms with Gasteiger partial charge in [-0.3, -0.25) is 10.2 Å². The maximum Gasteiger partial charge on any atom is 0.243 e. The van der Waals surface area contributed by atoms with Gasteiger partial charge in [-0.2, -0.15) is 15.0 Å². The summed E-state index contributed by atoms with van der Waals surface area (Å²) >= 11 is 0. The molecular weight excluding hydrogens is 272 g/mol. The molecule has 1 saturated heterocycles. The molecule has 116 valence electrons. The van der Waals surface area contributed by atoms with Gasteiger partial charge in [-0.25, -0.2) is 5.84 Å². The molecular formula is C12H22N8O. The normalized spacial score (nSPS) is 15.4. The van der Waals surface area contributed by atoms with E-state index in [2.05, 4.69) is 25.7 Å². The fourth-order valence-electron chi connectivity index (χ4n) is 2.18. The highest BCUT2D eigenvalue weighted by Crippen LogP contribution is 2.17. The summed E-state index contributed by atoms with van der Waals surface area (Å²) in [6.07, 6.45) is 0.851. The summed E-state index contributed by atoms with van der Waals surface area (Å²) in [5.74, 6) is 6.74. The van der Waals surface area contributed by atoms with Gasteiger partial charge in [0.25, 0.3) is 0 Å². The summed E-state index contributed by atoms with van der Waals surface area (Å²) in [4.78, 5) is 28.5. The van der Waals surface area contributed by atoms with Crippen LogP contribution in [0.5, 0.6) is 0 Å². The molecule has 1 aromatic rings. The Labute approximate surface area is 123 Å². The number of hydrazine groups is 1. The zero-order valence-electron chi connectivity index (χ0n) is 12.5. The number of nitrogens with one attached hydrogen (secondary N) is 2. The number of nitrogens with zero attached hydrogens (tertiary/aromatic N) is 5. The minimum atomic E-state index is -0.0282. The average Bonchev–Trinajstić information content (AvgIpc) is 2.73. The van der Waals surface area contributed by atoms with E-state index in [9.17, 15) is 4.79 Å². The first kappa shape index (κ1) is 15.2. The smallest absolute Gasteiger partial charge is 0.243 e. The van der Waals surface area contributed by atoms with Crippen LogP contribution in [0.2, 0.25) is 0 Å². The van der Waals surface area contributed by atoms with Crippen LogP contribution < -0.4 is 26.4 Å². The molecule has 0 atom stereocenters. The second-order valence-corrected chi connectivity index (χ2v) is 4.70. The minimum absolute atomic E-state index is 0.0282. The lowest BCUT2D eigenvalue weighted by atomic mass is 10.4. The quantitative estimate of drug-likeness (QED) is 0.484. The van der Waals surface area contributed by atoms with E-state index in [1.165, 1.54) is 0 Å². The molecule has 4 N–H and O–H groups in total. The van der Waals surface area contributed by atoms with Crippen LogP contribution in [0.15, 0.2) is 0 Å². The third-order valence-electron chi connectivity index (χ3n) is 3.33. The molecule has 0 aromatic carbocycles. The summed E-state index contributed by atoms with van der Waals surface area (Å²) in [6.45, 7) is 7.25. The number of hydrogen-bond donors (Lipinski definition) is 3. The molecule has 2 heterocycles. The molecule has 1 aliphatic heterocycles. The number of carbonyl (C=O) groups is 1. The van der Waals surface area contributed by atoms with Crippen molar-refractivity contribution < 1.29 is 4.79 Å². The third kappa shape index (κ3) is 3.69. The second-order valence-electron chi connectivity index (χ2n) is 4.70. The lowest BCUT2D eigenvalue weighted by Crippen LogP contribution is -2.35. The van der Waals surface area contributed by atoms with Gasteiger partial charge in [0.2, 0.25) is 23.8 Å². The van der Waals surface area contributed by atoms with Crippen molar-refractivity contribution in [2.75, 3.05) is 47.9 Å². The first-order valence-corrected chi connectivity index (χ1v) is 7.17. The molecule has 0 saturated carbocycles. The first-order chi connectivity index (χ1) is 10.2. The summed E-state index contributed by atoms with van der Waals surface area (Å²) < 4.78 is 0. The van der Waals surface area contributed by atoms with Crippen LogP contribution in [0, 0.1) is 0 Å². The van der Waals surface area contributed by atoms with Crippen molar-refractivity contribution in [2.24, 2.45) is 5.84 Å². The summed E-state index contributed by atoms with van der Waals surface area (Å²) in [6, 6.07) is 0. The van der Waals surface area contributed by atoms with Crippen molar-refractivity contribution in [3.63, 3.8) is 0 Å². The molecule has 1 amide bonds. The van der Waals surface area contributed by atoms with Crippen LogP contribution in [0.3, 0.4) is 0 Å². The molecule has 2 rings (SSSR count). The third-order valence-corrected chi connectivity index (χ3v) is 3.33. The van der Waals surface area contributed by atoms with Gasteiger partial charge < -0.3 is 15.1 Å². The fourth-order valence-corrected chi connectivity index (χ4v) is 2.18. The van der Waals surface area contributed by atoms with E-state index in [4.69, 9.17) is 5.84 Å². The van der Waals surface area contributed by atoms with Crippen LogP contribution >= 0.6 is 0 Å². The minimum Gasteiger partial charge on any atom is -0.354 e. The molecule has 0 unspecified atom stereocenters. The maximum absolute atomic E-state index is 11.7. The average molecular weight is 294 g/mol. The van der Waals surface area contributed by atoms with Gasteiger partial charge in [0.05, 0.1) is 6.54 Å². The van der Waals surface area contributed by atoms with Gasteiger partial charge in [0, 0.05) is 26.2 Å². The monoisotopic (exact) mass is 294 g/mol. The Morgan fingerprint density at radius 3 is 2.76 bits per heavy atom. The van der Waals surface area contributed by atoms with E-state index in [0.717, 1.165) is 19.5 Å². The molecule has 1 fully saturated rings. The maximum atomic E-state index is 11.7. The van der Waals surface area contributed by atoms with Gasteiger partial charge in [-0.15, -0.1) is 0 Å². The van der Waals surface area contributed by atoms with Crippen LogP contribution in [-0.2, 0) is 4.79 Å². The van der Waals surface area contributed by atoms with Crippen molar-refractivity contribution in [3.05, 3.63) is 0 Å². The second kappa shape index (κ2) is 7.02. The van der Waals surface area contributed by atoms with Gasteiger partial charge in [-0.1, -0.05) is 0 Å². The van der Waals surface area contributed by atoms with E-state index in [0.29, 0.717) is 30.9 Å². The molecule has 0 radical (unpaired) electrons. The Bertz CT molecular complexity index is 490. The molecule has 21 heavy (non-hydrogen) atoms. The number of rotatable bonds is 5. The van der Waals surface area contributed by atoms with Crippen LogP contribution in [-0.4, -0.2) is 53.6 Å².